The molecule has 0 bridgehead atoms. The number of hydrogen-bond donors (Lipinski definition) is 2. The van der Waals surface area contributed by atoms with Crippen LogP contribution in [0.3, 0.4) is 0 Å². The first-order valence-corrected chi connectivity index (χ1v) is 10.1. The van der Waals surface area contributed by atoms with Crippen molar-refractivity contribution < 1.29 is 4.79 Å². The fourth-order valence-electron chi connectivity index (χ4n) is 4.91. The summed E-state index contributed by atoms with van der Waals surface area (Å²) in [4.78, 5) is 15.0. The van der Waals surface area contributed by atoms with Crippen LogP contribution >= 0.6 is 0 Å². The Morgan fingerprint density at radius 2 is 1.76 bits per heavy atom. The van der Waals surface area contributed by atoms with Crippen molar-refractivity contribution in [2.45, 2.75) is 63.5 Å². The second-order valence-electron chi connectivity index (χ2n) is 8.13. The van der Waals surface area contributed by atoms with E-state index in [1.807, 2.05) is 0 Å². The van der Waals surface area contributed by atoms with E-state index >= 15 is 0 Å². The molecule has 2 N–H and O–H groups in total. The number of hydrogen-bond acceptors (Lipinski definition) is 2. The summed E-state index contributed by atoms with van der Waals surface area (Å²) < 4.78 is 0. The average Bonchev–Trinajstić information content (AvgIpc) is 3.27. The first-order valence-electron chi connectivity index (χ1n) is 10.1. The molecule has 136 valence electrons. The van der Waals surface area contributed by atoms with E-state index in [9.17, 15) is 4.79 Å². The highest BCUT2D eigenvalue weighted by Gasteiger charge is 2.26. The van der Waals surface area contributed by atoms with Crippen molar-refractivity contribution in [3.8, 4) is 0 Å². The molecular weight excluding hydrogens is 310 g/mol. The number of likely N-dealkylation sites (tertiary alicyclic amines) is 1. The van der Waals surface area contributed by atoms with Crippen LogP contribution in [0.5, 0.6) is 0 Å². The lowest BCUT2D eigenvalue weighted by atomic mass is 10.0. The molecule has 25 heavy (non-hydrogen) atoms. The Hall–Kier alpha value is -1.55. The minimum Gasteiger partial charge on any atom is -0.335 e. The Labute approximate surface area is 151 Å². The van der Waals surface area contributed by atoms with Crippen LogP contribution in [0.2, 0.25) is 0 Å². The highest BCUT2D eigenvalue weighted by atomic mass is 16.2. The van der Waals surface area contributed by atoms with Gasteiger partial charge in [0.2, 0.25) is 0 Å². The molecule has 1 heterocycles. The zero-order valence-corrected chi connectivity index (χ0v) is 15.2. The van der Waals surface area contributed by atoms with Crippen LogP contribution in [0, 0.1) is 5.92 Å². The van der Waals surface area contributed by atoms with Crippen molar-refractivity contribution in [2.75, 3.05) is 19.6 Å². The van der Waals surface area contributed by atoms with Crippen molar-refractivity contribution in [3.63, 3.8) is 0 Å². The molecule has 2 amide bonds. The largest absolute Gasteiger partial charge is 0.335 e. The molecule has 1 unspecified atom stereocenters. The second kappa shape index (κ2) is 7.77. The third-order valence-corrected chi connectivity index (χ3v) is 6.35. The van der Waals surface area contributed by atoms with Crippen molar-refractivity contribution in [1.29, 1.82) is 0 Å². The van der Waals surface area contributed by atoms with Gasteiger partial charge in [-0.3, -0.25) is 0 Å². The molecule has 0 spiro atoms. The topological polar surface area (TPSA) is 44.4 Å². The summed E-state index contributed by atoms with van der Waals surface area (Å²) in [6.45, 7) is 3.54. The van der Waals surface area contributed by atoms with Gasteiger partial charge in [0.1, 0.15) is 0 Å². The third kappa shape index (κ3) is 4.17. The predicted molar refractivity (Wildman–Crippen MR) is 101 cm³/mol. The van der Waals surface area contributed by atoms with Gasteiger partial charge in [-0.15, -0.1) is 0 Å². The lowest BCUT2D eigenvalue weighted by Gasteiger charge is -2.34. The number of amides is 2. The summed E-state index contributed by atoms with van der Waals surface area (Å²) >= 11 is 0. The smallest absolute Gasteiger partial charge is 0.315 e. The van der Waals surface area contributed by atoms with Gasteiger partial charge in [0, 0.05) is 25.7 Å². The van der Waals surface area contributed by atoms with E-state index in [1.54, 1.807) is 0 Å². The summed E-state index contributed by atoms with van der Waals surface area (Å²) in [6.07, 6.45) is 9.95. The van der Waals surface area contributed by atoms with E-state index in [4.69, 9.17) is 0 Å². The summed E-state index contributed by atoms with van der Waals surface area (Å²) in [5.41, 5.74) is 2.68. The SMILES string of the molecule is O=C(NC1CCN(CC2CCCC2)CC1)NC1CCc2ccccc21. The Balaban J connectivity index is 1.20. The summed E-state index contributed by atoms with van der Waals surface area (Å²) in [6, 6.07) is 8.99. The summed E-state index contributed by atoms with van der Waals surface area (Å²) in [7, 11) is 0. The fraction of sp³-hybridized carbons (Fsp3) is 0.667. The highest BCUT2D eigenvalue weighted by molar-refractivity contribution is 5.75. The molecule has 0 aromatic heterocycles. The molecule has 1 saturated carbocycles. The second-order valence-corrected chi connectivity index (χ2v) is 8.13. The molecule has 4 rings (SSSR count). The average molecular weight is 341 g/mol. The zero-order chi connectivity index (χ0) is 17.1. The molecular formula is C21H31N3O. The quantitative estimate of drug-likeness (QED) is 0.878. The van der Waals surface area contributed by atoms with Crippen LogP contribution in [0.25, 0.3) is 0 Å². The maximum atomic E-state index is 12.4. The van der Waals surface area contributed by atoms with E-state index in [1.165, 1.54) is 43.4 Å². The number of carbonyl (C=O) groups excluding carboxylic acids is 1. The molecule has 4 nitrogen and oxygen atoms in total. The molecule has 1 aromatic carbocycles. The normalized spacial score (nSPS) is 25.0. The lowest BCUT2D eigenvalue weighted by Crippen LogP contribution is -2.48. The van der Waals surface area contributed by atoms with Gasteiger partial charge in [0.05, 0.1) is 6.04 Å². The minimum absolute atomic E-state index is 0.0101. The zero-order valence-electron chi connectivity index (χ0n) is 15.2. The van der Waals surface area contributed by atoms with Crippen LogP contribution in [-0.2, 0) is 6.42 Å². The maximum Gasteiger partial charge on any atom is 0.315 e. The summed E-state index contributed by atoms with van der Waals surface area (Å²) in [5, 5.41) is 6.40. The van der Waals surface area contributed by atoms with E-state index in [2.05, 4.69) is 39.8 Å². The molecule has 4 heteroatoms. The summed E-state index contributed by atoms with van der Waals surface area (Å²) in [5.74, 6) is 0.926. The van der Waals surface area contributed by atoms with Crippen LogP contribution < -0.4 is 10.6 Å². The first-order chi connectivity index (χ1) is 12.3. The number of nitrogens with one attached hydrogen (secondary N) is 2. The third-order valence-electron chi connectivity index (χ3n) is 6.35. The number of nitrogens with zero attached hydrogens (tertiary/aromatic N) is 1. The van der Waals surface area contributed by atoms with Crippen molar-refractivity contribution in [1.82, 2.24) is 15.5 Å². The van der Waals surface area contributed by atoms with Gasteiger partial charge in [-0.1, -0.05) is 37.1 Å². The molecule has 1 atom stereocenters. The van der Waals surface area contributed by atoms with Crippen molar-refractivity contribution in [3.05, 3.63) is 35.4 Å². The van der Waals surface area contributed by atoms with E-state index in [-0.39, 0.29) is 12.1 Å². The van der Waals surface area contributed by atoms with Crippen molar-refractivity contribution in [2.24, 2.45) is 5.92 Å². The maximum absolute atomic E-state index is 12.4. The Bertz CT molecular complexity index is 589. The molecule has 0 radical (unpaired) electrons. The first kappa shape index (κ1) is 16.9. The monoisotopic (exact) mass is 341 g/mol. The van der Waals surface area contributed by atoms with E-state index in [0.717, 1.165) is 44.7 Å². The molecule has 3 aliphatic rings. The molecule has 2 fully saturated rings. The van der Waals surface area contributed by atoms with E-state index < -0.39 is 0 Å². The van der Waals surface area contributed by atoms with Gasteiger partial charge < -0.3 is 15.5 Å². The number of urea groups is 1. The van der Waals surface area contributed by atoms with Gasteiger partial charge >= 0.3 is 6.03 Å². The molecule has 1 saturated heterocycles. The Morgan fingerprint density at radius 3 is 2.56 bits per heavy atom. The number of fused-ring (bicyclic) bond motifs is 1. The standard InChI is InChI=1S/C21H31N3O/c25-21(23-20-10-9-17-7-3-4-8-19(17)20)22-18-11-13-24(14-12-18)15-16-5-1-2-6-16/h3-4,7-8,16,18,20H,1-2,5-6,9-15H2,(H2,22,23,25). The molecule has 1 aliphatic heterocycles. The van der Waals surface area contributed by atoms with Crippen LogP contribution in [0.1, 0.15) is 62.1 Å². The molecule has 2 aliphatic carbocycles. The highest BCUT2D eigenvalue weighted by Crippen LogP contribution is 2.30. The van der Waals surface area contributed by atoms with Gasteiger partial charge in [-0.2, -0.15) is 0 Å². The van der Waals surface area contributed by atoms with Crippen LogP contribution in [-0.4, -0.2) is 36.6 Å². The Kier molecular flexibility index (Phi) is 5.25. The molecule has 1 aromatic rings. The van der Waals surface area contributed by atoms with E-state index in [0.29, 0.717) is 6.04 Å². The Morgan fingerprint density at radius 1 is 1.00 bits per heavy atom. The van der Waals surface area contributed by atoms with Gasteiger partial charge in [0.25, 0.3) is 0 Å². The van der Waals surface area contributed by atoms with Gasteiger partial charge in [0.15, 0.2) is 0 Å². The number of aryl methyl sites for hydroxylation is 1. The number of piperidine rings is 1. The minimum atomic E-state index is 0.0101. The van der Waals surface area contributed by atoms with Crippen LogP contribution in [0.15, 0.2) is 24.3 Å². The predicted octanol–water partition coefficient (Wildman–Crippen LogP) is 3.63. The fourth-order valence-corrected chi connectivity index (χ4v) is 4.91. The van der Waals surface area contributed by atoms with Gasteiger partial charge in [-0.05, 0) is 55.6 Å². The lowest BCUT2D eigenvalue weighted by molar-refractivity contribution is 0.171. The van der Waals surface area contributed by atoms with Crippen LogP contribution in [0.4, 0.5) is 4.79 Å². The number of benzene rings is 1. The van der Waals surface area contributed by atoms with Gasteiger partial charge in [-0.25, -0.2) is 4.79 Å². The number of carbonyl (C=O) groups is 1. The number of rotatable bonds is 4. The van der Waals surface area contributed by atoms with Crippen molar-refractivity contribution >= 4 is 6.03 Å².